The van der Waals surface area contributed by atoms with Crippen molar-refractivity contribution in [3.8, 4) is 5.75 Å². The molecule has 0 aromatic heterocycles. The normalized spacial score (nSPS) is 32.6. The molecule has 2 amide bonds. The van der Waals surface area contributed by atoms with Crippen LogP contribution >= 0.6 is 0 Å². The minimum absolute atomic E-state index is 0.0272. The van der Waals surface area contributed by atoms with Gasteiger partial charge < -0.3 is 20.7 Å². The molecule has 4 aliphatic carbocycles. The molecule has 0 saturated heterocycles. The number of rotatable bonds is 6. The maximum absolute atomic E-state index is 13.2. The Bertz CT molecular complexity index is 773. The lowest BCUT2D eigenvalue weighted by atomic mass is 9.51. The maximum Gasteiger partial charge on any atom is 0.245 e. The molecular formula is C23H33N3O3. The first-order chi connectivity index (χ1) is 13.7. The van der Waals surface area contributed by atoms with E-state index in [1.54, 1.807) is 14.0 Å². The number of nitrogens with one attached hydrogen (secondary N) is 3. The zero-order valence-corrected chi connectivity index (χ0v) is 17.9. The van der Waals surface area contributed by atoms with Crippen molar-refractivity contribution in [3.05, 3.63) is 24.3 Å². The maximum atomic E-state index is 13.2. The molecule has 0 spiro atoms. The van der Waals surface area contributed by atoms with E-state index in [-0.39, 0.29) is 23.4 Å². The highest BCUT2D eigenvalue weighted by atomic mass is 16.5. The van der Waals surface area contributed by atoms with Crippen molar-refractivity contribution in [2.75, 3.05) is 12.4 Å². The third kappa shape index (κ3) is 3.94. The lowest BCUT2D eigenvalue weighted by Gasteiger charge is -2.60. The molecular weight excluding hydrogens is 366 g/mol. The monoisotopic (exact) mass is 399 g/mol. The van der Waals surface area contributed by atoms with Gasteiger partial charge >= 0.3 is 0 Å². The highest BCUT2D eigenvalue weighted by Crippen LogP contribution is 2.55. The van der Waals surface area contributed by atoms with E-state index in [4.69, 9.17) is 4.74 Å². The van der Waals surface area contributed by atoms with E-state index in [1.165, 1.54) is 0 Å². The number of hydrogen-bond donors (Lipinski definition) is 3. The van der Waals surface area contributed by atoms with Crippen molar-refractivity contribution in [2.45, 2.75) is 70.0 Å². The van der Waals surface area contributed by atoms with Crippen molar-refractivity contribution >= 4 is 17.5 Å². The van der Waals surface area contributed by atoms with Gasteiger partial charge in [-0.25, -0.2) is 0 Å². The van der Waals surface area contributed by atoms with Crippen LogP contribution in [-0.4, -0.2) is 36.0 Å². The number of anilines is 1. The third-order valence-corrected chi connectivity index (χ3v) is 7.13. The van der Waals surface area contributed by atoms with E-state index >= 15 is 0 Å². The van der Waals surface area contributed by atoms with Crippen molar-refractivity contribution in [3.63, 3.8) is 0 Å². The van der Waals surface area contributed by atoms with Gasteiger partial charge in [0, 0.05) is 24.2 Å². The van der Waals surface area contributed by atoms with Gasteiger partial charge in [0.25, 0.3) is 0 Å². The topological polar surface area (TPSA) is 79.5 Å². The Morgan fingerprint density at radius 2 is 1.69 bits per heavy atom. The molecule has 5 atom stereocenters. The van der Waals surface area contributed by atoms with Crippen LogP contribution in [0.25, 0.3) is 0 Å². The number of methoxy groups -OCH3 is 1. The SMILES string of the molecule is COc1ccc(NC(C)(C)C(=O)NC2[C@@H]3CC4C[C@H]2CC(NC(C)=O)(C4)C3)cc1. The van der Waals surface area contributed by atoms with E-state index in [0.717, 1.165) is 43.5 Å². The number of amides is 2. The summed E-state index contributed by atoms with van der Waals surface area (Å²) in [7, 11) is 1.64. The van der Waals surface area contributed by atoms with E-state index in [1.807, 2.05) is 38.1 Å². The average Bonchev–Trinajstić information content (AvgIpc) is 2.63. The fourth-order valence-electron chi connectivity index (χ4n) is 6.21. The summed E-state index contributed by atoms with van der Waals surface area (Å²) in [5.41, 5.74) is 0.125. The molecule has 29 heavy (non-hydrogen) atoms. The molecule has 3 N–H and O–H groups in total. The van der Waals surface area contributed by atoms with Gasteiger partial charge in [-0.15, -0.1) is 0 Å². The molecule has 1 aromatic carbocycles. The van der Waals surface area contributed by atoms with Gasteiger partial charge in [-0.05, 0) is 88.0 Å². The van der Waals surface area contributed by atoms with E-state index < -0.39 is 5.54 Å². The quantitative estimate of drug-likeness (QED) is 0.687. The highest BCUT2D eigenvalue weighted by Gasteiger charge is 2.56. The van der Waals surface area contributed by atoms with Crippen molar-refractivity contribution < 1.29 is 14.3 Å². The van der Waals surface area contributed by atoms with Crippen LogP contribution in [0.2, 0.25) is 0 Å². The fourth-order valence-corrected chi connectivity index (χ4v) is 6.21. The molecule has 158 valence electrons. The molecule has 4 aliphatic rings. The minimum atomic E-state index is -0.724. The molecule has 0 radical (unpaired) electrons. The first-order valence-corrected chi connectivity index (χ1v) is 10.7. The third-order valence-electron chi connectivity index (χ3n) is 7.13. The standard InChI is InChI=1S/C23H33N3O3/c1-14(27)25-23-11-15-9-16(12-23)20(17(10-15)13-23)24-21(28)22(2,3)26-18-5-7-19(29-4)8-6-18/h5-8,15-17,20,26H,9-13H2,1-4H3,(H,24,28)(H,25,27)/t15?,16-,17+,20?,23?. The summed E-state index contributed by atoms with van der Waals surface area (Å²) in [6.45, 7) is 5.45. The predicted molar refractivity (Wildman–Crippen MR) is 113 cm³/mol. The second-order valence-electron chi connectivity index (χ2n) is 9.91. The molecule has 4 saturated carbocycles. The summed E-state index contributed by atoms with van der Waals surface area (Å²) in [6, 6.07) is 7.82. The molecule has 1 aromatic rings. The molecule has 4 fully saturated rings. The minimum Gasteiger partial charge on any atom is -0.497 e. The van der Waals surface area contributed by atoms with E-state index in [2.05, 4.69) is 16.0 Å². The molecule has 0 aliphatic heterocycles. The molecule has 6 heteroatoms. The smallest absolute Gasteiger partial charge is 0.245 e. The Kier molecular flexibility index (Phi) is 4.99. The molecule has 5 rings (SSSR count). The van der Waals surface area contributed by atoms with Gasteiger partial charge in [0.15, 0.2) is 0 Å². The van der Waals surface area contributed by atoms with Gasteiger partial charge in [-0.1, -0.05) is 0 Å². The Balaban J connectivity index is 1.42. The number of benzene rings is 1. The number of carbonyl (C=O) groups is 2. The van der Waals surface area contributed by atoms with E-state index in [9.17, 15) is 9.59 Å². The highest BCUT2D eigenvalue weighted by molar-refractivity contribution is 5.88. The Morgan fingerprint density at radius 3 is 2.24 bits per heavy atom. The first-order valence-electron chi connectivity index (χ1n) is 10.7. The van der Waals surface area contributed by atoms with Gasteiger partial charge in [0.1, 0.15) is 11.3 Å². The molecule has 3 unspecified atom stereocenters. The number of ether oxygens (including phenoxy) is 1. The van der Waals surface area contributed by atoms with Crippen LogP contribution in [0.15, 0.2) is 24.3 Å². The van der Waals surface area contributed by atoms with Crippen LogP contribution in [0.5, 0.6) is 5.75 Å². The predicted octanol–water partition coefficient (Wildman–Crippen LogP) is 3.09. The zero-order valence-electron chi connectivity index (χ0n) is 17.9. The summed E-state index contributed by atoms with van der Waals surface area (Å²) in [5, 5.41) is 9.99. The van der Waals surface area contributed by atoms with Crippen molar-refractivity contribution in [2.24, 2.45) is 17.8 Å². The van der Waals surface area contributed by atoms with Gasteiger partial charge in [0.05, 0.1) is 7.11 Å². The van der Waals surface area contributed by atoms with Gasteiger partial charge in [0.2, 0.25) is 11.8 Å². The van der Waals surface area contributed by atoms with Crippen LogP contribution in [0, 0.1) is 17.8 Å². The van der Waals surface area contributed by atoms with Gasteiger partial charge in [-0.2, -0.15) is 0 Å². The van der Waals surface area contributed by atoms with Crippen molar-refractivity contribution in [1.82, 2.24) is 10.6 Å². The summed E-state index contributed by atoms with van der Waals surface area (Å²) >= 11 is 0. The number of hydrogen-bond acceptors (Lipinski definition) is 4. The molecule has 0 heterocycles. The average molecular weight is 400 g/mol. The summed E-state index contributed by atoms with van der Waals surface area (Å²) in [6.07, 6.45) is 5.39. The van der Waals surface area contributed by atoms with Gasteiger partial charge in [-0.3, -0.25) is 9.59 Å². The Labute approximate surface area is 173 Å². The molecule has 4 bridgehead atoms. The van der Waals surface area contributed by atoms with Crippen LogP contribution in [0.1, 0.15) is 52.9 Å². The summed E-state index contributed by atoms with van der Waals surface area (Å²) in [4.78, 5) is 24.9. The molecule has 6 nitrogen and oxygen atoms in total. The summed E-state index contributed by atoms with van der Waals surface area (Å²) in [5.74, 6) is 2.47. The zero-order chi connectivity index (χ0) is 20.8. The van der Waals surface area contributed by atoms with Crippen LogP contribution in [-0.2, 0) is 9.59 Å². The van der Waals surface area contributed by atoms with Crippen LogP contribution in [0.3, 0.4) is 0 Å². The fraction of sp³-hybridized carbons (Fsp3) is 0.652. The largest absolute Gasteiger partial charge is 0.497 e. The first kappa shape index (κ1) is 20.0. The second-order valence-corrected chi connectivity index (χ2v) is 9.91. The lowest BCUT2D eigenvalue weighted by molar-refractivity contribution is -0.132. The van der Waals surface area contributed by atoms with Crippen molar-refractivity contribution in [1.29, 1.82) is 0 Å². The second kappa shape index (κ2) is 7.22. The Morgan fingerprint density at radius 1 is 1.07 bits per heavy atom. The lowest BCUT2D eigenvalue weighted by Crippen LogP contribution is -2.67. The summed E-state index contributed by atoms with van der Waals surface area (Å²) < 4.78 is 5.20. The van der Waals surface area contributed by atoms with Crippen LogP contribution in [0.4, 0.5) is 5.69 Å². The van der Waals surface area contributed by atoms with E-state index in [0.29, 0.717) is 17.8 Å². The van der Waals surface area contributed by atoms with Crippen LogP contribution < -0.4 is 20.7 Å². The number of carbonyl (C=O) groups excluding carboxylic acids is 2. The Hall–Kier alpha value is -2.24.